The lowest BCUT2D eigenvalue weighted by Gasteiger charge is -2.44. The highest BCUT2D eigenvalue weighted by atomic mass is 16.3. The van der Waals surface area contributed by atoms with Crippen LogP contribution in [0.4, 0.5) is 4.79 Å². The molecule has 2 heterocycles. The van der Waals surface area contributed by atoms with Crippen LogP contribution in [0.5, 0.6) is 0 Å². The van der Waals surface area contributed by atoms with Crippen molar-refractivity contribution >= 4 is 17.8 Å². The van der Waals surface area contributed by atoms with E-state index in [0.29, 0.717) is 45.3 Å². The summed E-state index contributed by atoms with van der Waals surface area (Å²) in [4.78, 5) is 43.4. The van der Waals surface area contributed by atoms with E-state index in [9.17, 15) is 19.5 Å². The van der Waals surface area contributed by atoms with Crippen LogP contribution >= 0.6 is 0 Å². The van der Waals surface area contributed by atoms with Crippen LogP contribution in [0.25, 0.3) is 0 Å². The summed E-state index contributed by atoms with van der Waals surface area (Å²) in [5.74, 6) is -0.409. The Hall–Kier alpha value is -2.41. The smallest absolute Gasteiger partial charge is 0.327 e. The number of hydrogen-bond donors (Lipinski definition) is 1. The lowest BCUT2D eigenvalue weighted by atomic mass is 9.81. The van der Waals surface area contributed by atoms with Crippen molar-refractivity contribution in [3.63, 3.8) is 0 Å². The van der Waals surface area contributed by atoms with Crippen LogP contribution in [0.3, 0.4) is 0 Å². The number of hydrogen-bond acceptors (Lipinski definition) is 4. The number of carbonyl (C=O) groups is 3. The molecule has 7 heteroatoms. The molecule has 0 aromatic heterocycles. The van der Waals surface area contributed by atoms with E-state index in [2.05, 4.69) is 0 Å². The van der Waals surface area contributed by atoms with Gasteiger partial charge in [0, 0.05) is 26.7 Å². The first kappa shape index (κ1) is 19.9. The average molecular weight is 399 g/mol. The van der Waals surface area contributed by atoms with E-state index in [4.69, 9.17) is 0 Å². The number of amides is 4. The molecule has 1 aliphatic carbocycles. The molecular weight excluding hydrogens is 370 g/mol. The van der Waals surface area contributed by atoms with Crippen LogP contribution < -0.4 is 0 Å². The van der Waals surface area contributed by atoms with Gasteiger partial charge in [-0.2, -0.15) is 0 Å². The van der Waals surface area contributed by atoms with Gasteiger partial charge in [0.05, 0.1) is 0 Å². The molecule has 0 unspecified atom stereocenters. The number of imide groups is 1. The van der Waals surface area contributed by atoms with Crippen molar-refractivity contribution in [3.8, 4) is 0 Å². The molecule has 4 amide bonds. The Morgan fingerprint density at radius 2 is 1.62 bits per heavy atom. The quantitative estimate of drug-likeness (QED) is 0.790. The molecule has 3 fully saturated rings. The molecule has 0 atom stereocenters. The molecule has 4 rings (SSSR count). The minimum atomic E-state index is -1.27. The number of nitrogens with zero attached hydrogens (tertiary/aromatic N) is 3. The van der Waals surface area contributed by atoms with Gasteiger partial charge in [0.1, 0.15) is 11.1 Å². The summed E-state index contributed by atoms with van der Waals surface area (Å²) >= 11 is 0. The first-order valence-corrected chi connectivity index (χ1v) is 10.5. The Morgan fingerprint density at radius 1 is 1.00 bits per heavy atom. The summed E-state index contributed by atoms with van der Waals surface area (Å²) in [7, 11) is 1.53. The fourth-order valence-electron chi connectivity index (χ4n) is 5.07. The van der Waals surface area contributed by atoms with Crippen molar-refractivity contribution in [2.45, 2.75) is 62.6 Å². The van der Waals surface area contributed by atoms with Gasteiger partial charge >= 0.3 is 6.03 Å². The molecule has 2 aliphatic heterocycles. The second-order valence-electron chi connectivity index (χ2n) is 8.63. The topological polar surface area (TPSA) is 81.2 Å². The van der Waals surface area contributed by atoms with Gasteiger partial charge in [0.2, 0.25) is 0 Å². The number of likely N-dealkylation sites (N-methyl/N-ethyl adjacent to an activating group) is 1. The second-order valence-corrected chi connectivity index (χ2v) is 8.63. The summed E-state index contributed by atoms with van der Waals surface area (Å²) in [5, 5.41) is 10.8. The molecule has 7 nitrogen and oxygen atoms in total. The molecule has 1 N–H and O–H groups in total. The number of rotatable bonds is 3. The lowest BCUT2D eigenvalue weighted by Crippen LogP contribution is -2.60. The molecule has 2 saturated heterocycles. The van der Waals surface area contributed by atoms with Crippen molar-refractivity contribution in [2.75, 3.05) is 20.1 Å². The minimum absolute atomic E-state index is 0.193. The Labute approximate surface area is 171 Å². The van der Waals surface area contributed by atoms with Crippen molar-refractivity contribution in [3.05, 3.63) is 35.9 Å². The predicted octanol–water partition coefficient (Wildman–Crippen LogP) is 2.14. The second kappa shape index (κ2) is 7.44. The molecule has 3 aliphatic rings. The highest BCUT2D eigenvalue weighted by Gasteiger charge is 2.57. The van der Waals surface area contributed by atoms with Crippen molar-refractivity contribution in [1.82, 2.24) is 14.7 Å². The van der Waals surface area contributed by atoms with Crippen LogP contribution in [-0.4, -0.2) is 68.9 Å². The average Bonchev–Trinajstić information content (AvgIpc) is 2.91. The largest absolute Gasteiger partial charge is 0.380 e. The van der Waals surface area contributed by atoms with Gasteiger partial charge in [-0.15, -0.1) is 0 Å². The van der Waals surface area contributed by atoms with Crippen LogP contribution in [0.1, 0.15) is 50.5 Å². The van der Waals surface area contributed by atoms with Crippen LogP contribution in [-0.2, 0) is 16.1 Å². The van der Waals surface area contributed by atoms with E-state index in [1.165, 1.54) is 11.9 Å². The Bertz CT molecular complexity index is 796. The fourth-order valence-corrected chi connectivity index (χ4v) is 5.07. The lowest BCUT2D eigenvalue weighted by molar-refractivity contribution is -0.158. The molecule has 1 aromatic rings. The van der Waals surface area contributed by atoms with Gasteiger partial charge in [0.25, 0.3) is 11.8 Å². The standard InChI is InChI=1S/C22H29N3O4/c1-23-18(26)21(25(20(23)28)16-17-8-4-2-5-9-17)12-14-24(15-13-21)19(27)22(29)10-6-3-7-11-22/h2,4-5,8-9,29H,3,6-7,10-16H2,1H3. The predicted molar refractivity (Wildman–Crippen MR) is 107 cm³/mol. The Morgan fingerprint density at radius 3 is 2.24 bits per heavy atom. The number of likely N-dealkylation sites (tertiary alicyclic amines) is 1. The van der Waals surface area contributed by atoms with Crippen LogP contribution in [0.2, 0.25) is 0 Å². The zero-order valence-corrected chi connectivity index (χ0v) is 17.0. The zero-order chi connectivity index (χ0) is 20.6. The van der Waals surface area contributed by atoms with Gasteiger partial charge in [0.15, 0.2) is 0 Å². The molecule has 156 valence electrons. The van der Waals surface area contributed by atoms with Gasteiger partial charge < -0.3 is 14.9 Å². The number of piperidine rings is 1. The van der Waals surface area contributed by atoms with E-state index in [1.807, 2.05) is 30.3 Å². The Balaban J connectivity index is 1.52. The van der Waals surface area contributed by atoms with E-state index >= 15 is 0 Å². The minimum Gasteiger partial charge on any atom is -0.380 e. The van der Waals surface area contributed by atoms with Gasteiger partial charge in [-0.05, 0) is 31.2 Å². The fraction of sp³-hybridized carbons (Fsp3) is 0.591. The van der Waals surface area contributed by atoms with Gasteiger partial charge in [-0.1, -0.05) is 49.6 Å². The highest BCUT2D eigenvalue weighted by molar-refractivity contribution is 6.07. The SMILES string of the molecule is CN1C(=O)N(Cc2ccccc2)C2(CCN(C(=O)C3(O)CCCCC3)CC2)C1=O. The number of aliphatic hydroxyl groups is 1. The first-order chi connectivity index (χ1) is 13.9. The number of carbonyl (C=O) groups excluding carboxylic acids is 3. The van der Waals surface area contributed by atoms with Crippen molar-refractivity contribution < 1.29 is 19.5 Å². The van der Waals surface area contributed by atoms with E-state index in [0.717, 1.165) is 24.8 Å². The summed E-state index contributed by atoms with van der Waals surface area (Å²) in [6.07, 6.45) is 4.59. The molecule has 29 heavy (non-hydrogen) atoms. The van der Waals surface area contributed by atoms with Crippen molar-refractivity contribution in [2.24, 2.45) is 0 Å². The Kier molecular flexibility index (Phi) is 5.11. The normalized spacial score (nSPS) is 23.7. The third kappa shape index (κ3) is 3.31. The number of benzene rings is 1. The molecule has 1 aromatic carbocycles. The third-order valence-electron chi connectivity index (χ3n) is 6.88. The van der Waals surface area contributed by atoms with Gasteiger partial charge in [-0.25, -0.2) is 4.79 Å². The van der Waals surface area contributed by atoms with Crippen LogP contribution in [0, 0.1) is 0 Å². The third-order valence-corrected chi connectivity index (χ3v) is 6.88. The summed E-state index contributed by atoms with van der Waals surface area (Å²) in [6, 6.07) is 9.36. The first-order valence-electron chi connectivity index (χ1n) is 10.5. The maximum Gasteiger partial charge on any atom is 0.327 e. The highest BCUT2D eigenvalue weighted by Crippen LogP contribution is 2.39. The number of urea groups is 1. The summed E-state index contributed by atoms with van der Waals surface area (Å²) < 4.78 is 0. The maximum atomic E-state index is 13.0. The molecule has 1 saturated carbocycles. The molecule has 0 radical (unpaired) electrons. The van der Waals surface area contributed by atoms with E-state index in [-0.39, 0.29) is 17.8 Å². The monoisotopic (exact) mass is 399 g/mol. The molecule has 0 bridgehead atoms. The van der Waals surface area contributed by atoms with Crippen molar-refractivity contribution in [1.29, 1.82) is 0 Å². The maximum absolute atomic E-state index is 13.0. The molecule has 1 spiro atoms. The van der Waals surface area contributed by atoms with E-state index < -0.39 is 11.1 Å². The zero-order valence-electron chi connectivity index (χ0n) is 17.0. The van der Waals surface area contributed by atoms with Gasteiger partial charge in [-0.3, -0.25) is 14.5 Å². The summed E-state index contributed by atoms with van der Waals surface area (Å²) in [6.45, 7) is 1.12. The molecular formula is C22H29N3O4. The van der Waals surface area contributed by atoms with Crippen LogP contribution in [0.15, 0.2) is 30.3 Å². The van der Waals surface area contributed by atoms with E-state index in [1.54, 1.807) is 9.80 Å². The summed E-state index contributed by atoms with van der Waals surface area (Å²) in [5.41, 5.74) is -1.20.